The van der Waals surface area contributed by atoms with Gasteiger partial charge in [-0.25, -0.2) is 4.79 Å². The fraction of sp³-hybridized carbons (Fsp3) is 0.125. The molecule has 1 N–H and O–H groups in total. The Morgan fingerprint density at radius 3 is 2.64 bits per heavy atom. The fourth-order valence-electron chi connectivity index (χ4n) is 0.714. The first kappa shape index (κ1) is 13.4. The highest BCUT2D eigenvalue weighted by atomic mass is 35.5. The second kappa shape index (κ2) is 5.96. The molecule has 1 rings (SSSR count). The summed E-state index contributed by atoms with van der Waals surface area (Å²) in [5.41, 5.74) is 0. The predicted octanol–water partition coefficient (Wildman–Crippen LogP) is 3.13. The zero-order valence-corrected chi connectivity index (χ0v) is 9.54. The monoisotopic (exact) mass is 255 g/mol. The third-order valence-corrected chi connectivity index (χ3v) is 2.12. The topological polar surface area (TPSA) is 38.3 Å². The lowest BCUT2D eigenvalue weighted by molar-refractivity contribution is 0.203. The van der Waals surface area contributed by atoms with E-state index in [2.05, 4.69) is 5.32 Å². The molecule has 3 nitrogen and oxygen atoms in total. The first-order valence-electron chi connectivity index (χ1n) is 3.48. The van der Waals surface area contributed by atoms with Gasteiger partial charge in [-0.1, -0.05) is 29.3 Å². The highest BCUT2D eigenvalue weighted by Gasteiger charge is 2.08. The molecule has 0 aromatic heterocycles. The van der Waals surface area contributed by atoms with Crippen LogP contribution >= 0.6 is 35.6 Å². The Morgan fingerprint density at radius 2 is 2.07 bits per heavy atom. The predicted molar refractivity (Wildman–Crippen MR) is 58.8 cm³/mol. The summed E-state index contributed by atoms with van der Waals surface area (Å²) in [5, 5.41) is 2.88. The first-order chi connectivity index (χ1) is 6.15. The maximum absolute atomic E-state index is 10.8. The van der Waals surface area contributed by atoms with Crippen molar-refractivity contribution in [2.75, 3.05) is 7.05 Å². The van der Waals surface area contributed by atoms with E-state index in [-0.39, 0.29) is 23.2 Å². The van der Waals surface area contributed by atoms with Gasteiger partial charge in [0.25, 0.3) is 0 Å². The van der Waals surface area contributed by atoms with E-state index < -0.39 is 6.09 Å². The van der Waals surface area contributed by atoms with Gasteiger partial charge >= 0.3 is 6.09 Å². The summed E-state index contributed by atoms with van der Waals surface area (Å²) in [5.74, 6) is 0.244. The minimum absolute atomic E-state index is 0. The molecule has 78 valence electrons. The van der Waals surface area contributed by atoms with Crippen LogP contribution in [-0.4, -0.2) is 13.1 Å². The normalized spacial score (nSPS) is 8.79. The van der Waals surface area contributed by atoms with Crippen LogP contribution in [0.2, 0.25) is 10.0 Å². The second-order valence-electron chi connectivity index (χ2n) is 2.19. The van der Waals surface area contributed by atoms with Gasteiger partial charge in [0.15, 0.2) is 5.75 Å². The van der Waals surface area contributed by atoms with Crippen LogP contribution in [0.25, 0.3) is 0 Å². The lowest BCUT2D eigenvalue weighted by atomic mass is 10.3. The average molecular weight is 257 g/mol. The standard InChI is InChI=1S/C8H7Cl2NO2.ClH/c1-11-8(12)13-6-4-2-3-5(9)7(6)10;/h2-4H,1H3,(H,11,12);1H. The zero-order valence-electron chi connectivity index (χ0n) is 7.21. The molecule has 0 aliphatic heterocycles. The van der Waals surface area contributed by atoms with Gasteiger partial charge in [-0.2, -0.15) is 0 Å². The largest absolute Gasteiger partial charge is 0.412 e. The van der Waals surface area contributed by atoms with Crippen molar-refractivity contribution < 1.29 is 9.53 Å². The summed E-state index contributed by atoms with van der Waals surface area (Å²) < 4.78 is 4.81. The molecule has 14 heavy (non-hydrogen) atoms. The summed E-state index contributed by atoms with van der Waals surface area (Å²) in [7, 11) is 1.46. The molecule has 0 aliphatic carbocycles. The van der Waals surface area contributed by atoms with E-state index in [1.165, 1.54) is 7.05 Å². The molecule has 0 saturated heterocycles. The summed E-state index contributed by atoms with van der Waals surface area (Å²) in [6.45, 7) is 0. The number of nitrogens with one attached hydrogen (secondary N) is 1. The molecular formula is C8H8Cl3NO2. The van der Waals surface area contributed by atoms with Crippen LogP contribution in [-0.2, 0) is 0 Å². The van der Waals surface area contributed by atoms with Gasteiger partial charge in [-0.05, 0) is 12.1 Å². The molecular weight excluding hydrogens is 248 g/mol. The number of hydrogen-bond acceptors (Lipinski definition) is 2. The first-order valence-corrected chi connectivity index (χ1v) is 4.24. The van der Waals surface area contributed by atoms with E-state index in [0.717, 1.165) is 0 Å². The number of carbonyl (C=O) groups is 1. The molecule has 0 radical (unpaired) electrons. The van der Waals surface area contributed by atoms with Gasteiger partial charge in [0.05, 0.1) is 5.02 Å². The van der Waals surface area contributed by atoms with Crippen molar-refractivity contribution >= 4 is 41.7 Å². The highest BCUT2D eigenvalue weighted by molar-refractivity contribution is 6.43. The van der Waals surface area contributed by atoms with Gasteiger partial charge in [-0.15, -0.1) is 12.4 Å². The van der Waals surface area contributed by atoms with Crippen molar-refractivity contribution in [3.05, 3.63) is 28.2 Å². The lowest BCUT2D eigenvalue weighted by Gasteiger charge is -2.05. The van der Waals surface area contributed by atoms with Gasteiger partial charge < -0.3 is 10.1 Å². The summed E-state index contributed by atoms with van der Waals surface area (Å²) >= 11 is 11.5. The fourth-order valence-corrected chi connectivity index (χ4v) is 1.04. The van der Waals surface area contributed by atoms with Crippen LogP contribution in [0, 0.1) is 0 Å². The molecule has 1 amide bonds. The van der Waals surface area contributed by atoms with Crippen LogP contribution in [0.1, 0.15) is 0 Å². The molecule has 0 heterocycles. The summed E-state index contributed by atoms with van der Waals surface area (Å²) in [6, 6.07) is 4.82. The van der Waals surface area contributed by atoms with Crippen molar-refractivity contribution in [1.82, 2.24) is 5.32 Å². The quantitative estimate of drug-likeness (QED) is 0.838. The minimum Gasteiger partial charge on any atom is -0.409 e. The Hall–Kier alpha value is -0.640. The smallest absolute Gasteiger partial charge is 0.409 e. The Kier molecular flexibility index (Phi) is 5.69. The third kappa shape index (κ3) is 3.25. The molecule has 0 aliphatic rings. The third-order valence-electron chi connectivity index (χ3n) is 1.32. The van der Waals surface area contributed by atoms with Crippen molar-refractivity contribution in [2.24, 2.45) is 0 Å². The zero-order chi connectivity index (χ0) is 9.84. The molecule has 0 bridgehead atoms. The number of rotatable bonds is 1. The Balaban J connectivity index is 0.00000169. The highest BCUT2D eigenvalue weighted by Crippen LogP contribution is 2.31. The van der Waals surface area contributed by atoms with Crippen LogP contribution in [0.3, 0.4) is 0 Å². The van der Waals surface area contributed by atoms with E-state index in [4.69, 9.17) is 27.9 Å². The number of amides is 1. The molecule has 6 heteroatoms. The Morgan fingerprint density at radius 1 is 1.43 bits per heavy atom. The van der Waals surface area contributed by atoms with Gasteiger partial charge in [0, 0.05) is 7.05 Å². The van der Waals surface area contributed by atoms with Gasteiger partial charge in [-0.3, -0.25) is 0 Å². The number of halogens is 3. The molecule has 0 spiro atoms. The molecule has 0 saturated carbocycles. The summed E-state index contributed by atoms with van der Waals surface area (Å²) in [6.07, 6.45) is -0.579. The van der Waals surface area contributed by atoms with Crippen molar-refractivity contribution in [3.63, 3.8) is 0 Å². The van der Waals surface area contributed by atoms with Crippen molar-refractivity contribution in [3.8, 4) is 5.75 Å². The minimum atomic E-state index is -0.579. The number of benzene rings is 1. The lowest BCUT2D eigenvalue weighted by Crippen LogP contribution is -2.22. The van der Waals surface area contributed by atoms with E-state index in [1.807, 2.05) is 0 Å². The number of ether oxygens (including phenoxy) is 1. The van der Waals surface area contributed by atoms with E-state index >= 15 is 0 Å². The van der Waals surface area contributed by atoms with E-state index in [1.54, 1.807) is 18.2 Å². The number of hydrogen-bond donors (Lipinski definition) is 1. The SMILES string of the molecule is CNC(=O)Oc1cccc(Cl)c1Cl.Cl. The summed E-state index contributed by atoms with van der Waals surface area (Å²) in [4.78, 5) is 10.8. The molecule has 1 aromatic carbocycles. The van der Waals surface area contributed by atoms with E-state index in [0.29, 0.717) is 5.02 Å². The van der Waals surface area contributed by atoms with Gasteiger partial charge in [0.2, 0.25) is 0 Å². The Labute approximate surface area is 97.7 Å². The molecule has 0 unspecified atom stereocenters. The molecule has 0 atom stereocenters. The van der Waals surface area contributed by atoms with Gasteiger partial charge in [0.1, 0.15) is 5.02 Å². The maximum Gasteiger partial charge on any atom is 0.412 e. The van der Waals surface area contributed by atoms with Crippen LogP contribution in [0.15, 0.2) is 18.2 Å². The second-order valence-corrected chi connectivity index (χ2v) is 2.98. The van der Waals surface area contributed by atoms with Crippen LogP contribution in [0.4, 0.5) is 4.79 Å². The van der Waals surface area contributed by atoms with Crippen molar-refractivity contribution in [2.45, 2.75) is 0 Å². The number of carbonyl (C=O) groups excluding carboxylic acids is 1. The van der Waals surface area contributed by atoms with Crippen LogP contribution < -0.4 is 10.1 Å². The Bertz CT molecular complexity index is 330. The van der Waals surface area contributed by atoms with E-state index in [9.17, 15) is 4.79 Å². The maximum atomic E-state index is 10.8. The average Bonchev–Trinajstić information content (AvgIpc) is 2.13. The molecule has 0 fully saturated rings. The molecule has 1 aromatic rings. The van der Waals surface area contributed by atoms with Crippen molar-refractivity contribution in [1.29, 1.82) is 0 Å². The van der Waals surface area contributed by atoms with Crippen LogP contribution in [0.5, 0.6) is 5.75 Å².